The molecule has 0 radical (unpaired) electrons. The number of esters is 1. The number of halogens is 4. The average Bonchev–Trinajstić information content (AvgIpc) is 2.49. The first-order valence-corrected chi connectivity index (χ1v) is 8.40. The van der Waals surface area contributed by atoms with E-state index in [2.05, 4.69) is 10.1 Å². The summed E-state index contributed by atoms with van der Waals surface area (Å²) in [6, 6.07) is 4.26. The molecule has 26 heavy (non-hydrogen) atoms. The van der Waals surface area contributed by atoms with Gasteiger partial charge in [-0.25, -0.2) is 4.79 Å². The van der Waals surface area contributed by atoms with Crippen molar-refractivity contribution >= 4 is 29.2 Å². The summed E-state index contributed by atoms with van der Waals surface area (Å²) in [6.07, 6.45) is -5.35. The Morgan fingerprint density at radius 3 is 2.38 bits per heavy atom. The van der Waals surface area contributed by atoms with Crippen LogP contribution in [0.15, 0.2) is 18.2 Å². The Morgan fingerprint density at radius 2 is 1.88 bits per heavy atom. The Labute approximate surface area is 155 Å². The topological polar surface area (TPSA) is 67.4 Å². The van der Waals surface area contributed by atoms with Crippen LogP contribution in [0.5, 0.6) is 0 Å². The van der Waals surface area contributed by atoms with E-state index in [1.807, 2.05) is 0 Å². The van der Waals surface area contributed by atoms with Crippen molar-refractivity contribution in [2.75, 3.05) is 11.9 Å². The lowest BCUT2D eigenvalue weighted by Crippen LogP contribution is -2.69. The number of anilines is 1. The van der Waals surface area contributed by atoms with Crippen molar-refractivity contribution in [3.05, 3.63) is 28.8 Å². The maximum Gasteiger partial charge on any atom is 0.441 e. The van der Waals surface area contributed by atoms with Gasteiger partial charge in [0, 0.05) is 17.1 Å². The van der Waals surface area contributed by atoms with Gasteiger partial charge in [-0.3, -0.25) is 4.79 Å². The van der Waals surface area contributed by atoms with E-state index in [1.165, 1.54) is 32.0 Å². The number of nitrogens with one attached hydrogen (secondary N) is 2. The monoisotopic (exact) mass is 394 g/mol. The SMILES string of the molecule is CCOC(=O)C(NC(=O)CC(C)C)(Nc1cccc(Cl)c1C)C(F)(F)F. The summed E-state index contributed by atoms with van der Waals surface area (Å²) in [5.74, 6) is -2.78. The van der Waals surface area contributed by atoms with Gasteiger partial charge in [-0.2, -0.15) is 13.2 Å². The number of carbonyl (C=O) groups excluding carboxylic acids is 2. The second-order valence-electron chi connectivity index (χ2n) is 6.15. The van der Waals surface area contributed by atoms with Crippen LogP contribution in [-0.4, -0.2) is 30.3 Å². The van der Waals surface area contributed by atoms with E-state index >= 15 is 0 Å². The molecule has 0 fully saturated rings. The molecule has 0 bridgehead atoms. The lowest BCUT2D eigenvalue weighted by Gasteiger charge is -2.36. The molecule has 0 heterocycles. The molecule has 0 aliphatic rings. The maximum atomic E-state index is 14.0. The van der Waals surface area contributed by atoms with Crippen LogP contribution >= 0.6 is 11.6 Å². The first-order chi connectivity index (χ1) is 11.9. The van der Waals surface area contributed by atoms with Gasteiger partial charge >= 0.3 is 17.8 Å². The maximum absolute atomic E-state index is 14.0. The lowest BCUT2D eigenvalue weighted by molar-refractivity contribution is -0.208. The number of amides is 1. The van der Waals surface area contributed by atoms with Gasteiger partial charge < -0.3 is 15.4 Å². The molecule has 0 saturated heterocycles. The molecule has 2 N–H and O–H groups in total. The van der Waals surface area contributed by atoms with Crippen LogP contribution < -0.4 is 10.6 Å². The summed E-state index contributed by atoms with van der Waals surface area (Å²) < 4.78 is 46.5. The highest BCUT2D eigenvalue weighted by molar-refractivity contribution is 6.31. The fraction of sp³-hybridized carbons (Fsp3) is 0.529. The van der Waals surface area contributed by atoms with Crippen LogP contribution in [0.25, 0.3) is 0 Å². The number of hydrogen-bond acceptors (Lipinski definition) is 4. The molecular formula is C17H22ClF3N2O3. The van der Waals surface area contributed by atoms with Gasteiger partial charge in [-0.1, -0.05) is 31.5 Å². The second kappa shape index (κ2) is 8.62. The van der Waals surface area contributed by atoms with Crippen LogP contribution in [0.1, 0.15) is 32.8 Å². The van der Waals surface area contributed by atoms with Crippen molar-refractivity contribution in [1.82, 2.24) is 5.32 Å². The first-order valence-electron chi connectivity index (χ1n) is 8.02. The summed E-state index contributed by atoms with van der Waals surface area (Å²) in [6.45, 7) is 5.93. The number of benzene rings is 1. The molecule has 1 aromatic carbocycles. The van der Waals surface area contributed by atoms with E-state index in [0.717, 1.165) is 0 Å². The van der Waals surface area contributed by atoms with E-state index < -0.39 is 23.7 Å². The second-order valence-corrected chi connectivity index (χ2v) is 6.56. The Morgan fingerprint density at radius 1 is 1.27 bits per heavy atom. The van der Waals surface area contributed by atoms with Crippen molar-refractivity contribution in [2.24, 2.45) is 5.92 Å². The quantitative estimate of drug-likeness (QED) is 0.541. The predicted molar refractivity (Wildman–Crippen MR) is 92.8 cm³/mol. The smallest absolute Gasteiger partial charge is 0.441 e. The summed E-state index contributed by atoms with van der Waals surface area (Å²) >= 11 is 5.95. The largest absolute Gasteiger partial charge is 0.463 e. The highest BCUT2D eigenvalue weighted by Gasteiger charge is 2.63. The third-order valence-corrected chi connectivity index (χ3v) is 3.93. The van der Waals surface area contributed by atoms with Gasteiger partial charge in [0.05, 0.1) is 6.61 Å². The van der Waals surface area contributed by atoms with E-state index in [-0.39, 0.29) is 29.7 Å². The molecule has 1 amide bonds. The summed E-state index contributed by atoms with van der Waals surface area (Å²) in [5.41, 5.74) is -3.18. The molecule has 1 aromatic rings. The minimum Gasteiger partial charge on any atom is -0.463 e. The lowest BCUT2D eigenvalue weighted by atomic mass is 10.1. The molecule has 0 saturated carbocycles. The number of carbonyl (C=O) groups is 2. The Balaban J connectivity index is 3.43. The van der Waals surface area contributed by atoms with Crippen LogP contribution in [0, 0.1) is 12.8 Å². The van der Waals surface area contributed by atoms with Crippen LogP contribution in [0.4, 0.5) is 18.9 Å². The van der Waals surface area contributed by atoms with E-state index in [0.29, 0.717) is 5.56 Å². The van der Waals surface area contributed by atoms with Crippen molar-refractivity contribution < 1.29 is 27.5 Å². The molecule has 9 heteroatoms. The van der Waals surface area contributed by atoms with Crippen molar-refractivity contribution in [3.63, 3.8) is 0 Å². The molecule has 5 nitrogen and oxygen atoms in total. The zero-order valence-corrected chi connectivity index (χ0v) is 15.7. The normalized spacial score (nSPS) is 13.9. The Hall–Kier alpha value is -1.96. The molecule has 0 aliphatic heterocycles. The molecule has 1 rings (SSSR count). The van der Waals surface area contributed by atoms with Crippen molar-refractivity contribution in [3.8, 4) is 0 Å². The van der Waals surface area contributed by atoms with Crippen LogP contribution in [-0.2, 0) is 14.3 Å². The third kappa shape index (κ3) is 5.03. The van der Waals surface area contributed by atoms with E-state index in [4.69, 9.17) is 11.6 Å². The highest BCUT2D eigenvalue weighted by Crippen LogP contribution is 2.35. The predicted octanol–water partition coefficient (Wildman–Crippen LogP) is 4.04. The van der Waals surface area contributed by atoms with Crippen molar-refractivity contribution in [2.45, 2.75) is 46.0 Å². The minimum atomic E-state index is -5.17. The molecular weight excluding hydrogens is 373 g/mol. The van der Waals surface area contributed by atoms with Crippen LogP contribution in [0.2, 0.25) is 5.02 Å². The number of ether oxygens (including phenoxy) is 1. The first kappa shape index (κ1) is 22.1. The number of hydrogen-bond donors (Lipinski definition) is 2. The van der Waals surface area contributed by atoms with Gasteiger partial charge in [-0.15, -0.1) is 0 Å². The highest BCUT2D eigenvalue weighted by atomic mass is 35.5. The molecule has 0 aliphatic carbocycles. The van der Waals surface area contributed by atoms with Gasteiger partial charge in [0.15, 0.2) is 0 Å². The fourth-order valence-electron chi connectivity index (χ4n) is 2.21. The summed E-state index contributed by atoms with van der Waals surface area (Å²) in [7, 11) is 0. The molecule has 0 aromatic heterocycles. The fourth-order valence-corrected chi connectivity index (χ4v) is 2.38. The number of rotatable bonds is 7. The number of alkyl halides is 3. The standard InChI is InChI=1S/C17H22ClF3N2O3/c1-5-26-15(25)16(17(19,20)21,23-14(24)9-10(2)3)22-13-8-6-7-12(18)11(13)4/h6-8,10,22H,5,9H2,1-4H3,(H,23,24). The third-order valence-electron chi connectivity index (χ3n) is 3.52. The molecule has 1 atom stereocenters. The molecule has 146 valence electrons. The summed E-state index contributed by atoms with van der Waals surface area (Å²) in [5, 5.41) is 4.11. The van der Waals surface area contributed by atoms with Gasteiger partial charge in [0.25, 0.3) is 0 Å². The van der Waals surface area contributed by atoms with E-state index in [1.54, 1.807) is 19.2 Å². The summed E-state index contributed by atoms with van der Waals surface area (Å²) in [4.78, 5) is 24.4. The van der Waals surface area contributed by atoms with Gasteiger partial charge in [-0.05, 0) is 37.5 Å². The van der Waals surface area contributed by atoms with Crippen molar-refractivity contribution in [1.29, 1.82) is 0 Å². The van der Waals surface area contributed by atoms with Crippen LogP contribution in [0.3, 0.4) is 0 Å². The minimum absolute atomic E-state index is 0.0484. The average molecular weight is 395 g/mol. The Kier molecular flexibility index (Phi) is 7.32. The zero-order valence-electron chi connectivity index (χ0n) is 15.0. The zero-order chi connectivity index (χ0) is 20.1. The van der Waals surface area contributed by atoms with Gasteiger partial charge in [0.2, 0.25) is 5.91 Å². The van der Waals surface area contributed by atoms with Gasteiger partial charge in [0.1, 0.15) is 0 Å². The van der Waals surface area contributed by atoms with E-state index in [9.17, 15) is 22.8 Å². The molecule has 0 spiro atoms. The molecule has 1 unspecified atom stereocenters. The Bertz CT molecular complexity index is 665.